The first kappa shape index (κ1) is 20.4. The van der Waals surface area contributed by atoms with Gasteiger partial charge in [0.1, 0.15) is 5.75 Å². The number of aryl methyl sites for hydroxylation is 1. The van der Waals surface area contributed by atoms with Gasteiger partial charge in [0.2, 0.25) is 0 Å². The van der Waals surface area contributed by atoms with E-state index in [1.807, 2.05) is 61.5 Å². The van der Waals surface area contributed by atoms with Gasteiger partial charge in [-0.2, -0.15) is 8.42 Å². The van der Waals surface area contributed by atoms with Crippen LogP contribution in [0.5, 0.6) is 5.75 Å². The fourth-order valence-corrected chi connectivity index (χ4v) is 2.67. The summed E-state index contributed by atoms with van der Waals surface area (Å²) in [6, 6.07) is 23.4. The van der Waals surface area contributed by atoms with Gasteiger partial charge in [-0.3, -0.25) is 9.56 Å². The van der Waals surface area contributed by atoms with E-state index in [-0.39, 0.29) is 4.90 Å². The van der Waals surface area contributed by atoms with Crippen molar-refractivity contribution >= 4 is 21.5 Å². The Morgan fingerprint density at radius 1 is 0.852 bits per heavy atom. The molecule has 0 unspecified atom stereocenters. The molecular formula is C20H22N2O4S. The first-order valence-corrected chi connectivity index (χ1v) is 9.53. The number of nitrogens with two attached hydrogens (primary N) is 1. The number of benzene rings is 3. The quantitative estimate of drug-likeness (QED) is 0.401. The minimum atomic E-state index is -4.02. The van der Waals surface area contributed by atoms with Crippen LogP contribution in [0.2, 0.25) is 0 Å². The summed E-state index contributed by atoms with van der Waals surface area (Å²) in [6.07, 6.45) is 0. The summed E-state index contributed by atoms with van der Waals surface area (Å²) < 4.78 is 34.6. The van der Waals surface area contributed by atoms with Gasteiger partial charge in [-0.05, 0) is 55.5 Å². The topological polar surface area (TPSA) is 92.9 Å². The molecule has 0 saturated carbocycles. The predicted molar refractivity (Wildman–Crippen MR) is 107 cm³/mol. The van der Waals surface area contributed by atoms with Gasteiger partial charge < -0.3 is 4.74 Å². The summed E-state index contributed by atoms with van der Waals surface area (Å²) >= 11 is 0. The van der Waals surface area contributed by atoms with E-state index in [1.54, 1.807) is 24.3 Å². The van der Waals surface area contributed by atoms with E-state index in [2.05, 4.69) is 0 Å². The van der Waals surface area contributed by atoms with Crippen LogP contribution >= 0.6 is 0 Å². The number of ether oxygens (including phenoxy) is 1. The molecule has 3 aromatic carbocycles. The maximum Gasteiger partial charge on any atom is 0.294 e. The number of hydrogen-bond acceptors (Lipinski definition) is 5. The first-order chi connectivity index (χ1) is 12.8. The van der Waals surface area contributed by atoms with E-state index in [9.17, 15) is 8.42 Å². The molecule has 3 rings (SSSR count). The second-order valence-corrected chi connectivity index (χ2v) is 7.11. The number of nitrogens with zero attached hydrogens (tertiary/aromatic N) is 1. The molecule has 3 N–H and O–H groups in total. The monoisotopic (exact) mass is 386 g/mol. The summed E-state index contributed by atoms with van der Waals surface area (Å²) in [4.78, 5) is -0.0666. The summed E-state index contributed by atoms with van der Waals surface area (Å²) in [7, 11) is -2.37. The third-order valence-corrected chi connectivity index (χ3v) is 4.57. The highest BCUT2D eigenvalue weighted by Crippen LogP contribution is 2.23. The normalized spacial score (nSPS) is 10.5. The molecule has 0 spiro atoms. The third-order valence-electron chi connectivity index (χ3n) is 3.70. The molecule has 0 aliphatic heterocycles. The minimum absolute atomic E-state index is 0.0666. The first-order valence-electron chi connectivity index (χ1n) is 8.09. The Kier molecular flexibility index (Phi) is 6.95. The molecule has 0 saturated heterocycles. The molecule has 142 valence electrons. The van der Waals surface area contributed by atoms with Crippen molar-refractivity contribution < 1.29 is 17.7 Å². The van der Waals surface area contributed by atoms with Crippen molar-refractivity contribution in [3.63, 3.8) is 0 Å². The molecule has 0 heterocycles. The van der Waals surface area contributed by atoms with Gasteiger partial charge in [0, 0.05) is 0 Å². The summed E-state index contributed by atoms with van der Waals surface area (Å²) in [5, 5.41) is 1.64. The SMILES string of the molecule is COc1ccc(N(N)c2ccccc2)cc1.Cc1ccc(S(=O)(=O)O)cc1. The molecule has 6 nitrogen and oxygen atoms in total. The standard InChI is InChI=1S/C13H14N2O.C7H8O3S/c1-16-13-9-7-12(8-10-13)15(14)11-5-3-2-4-6-11;1-6-2-4-7(5-3-6)11(8,9)10/h2-10H,14H2,1H3;2-5H,1H3,(H,8,9,10). The van der Waals surface area contributed by atoms with Gasteiger partial charge in [0.25, 0.3) is 10.1 Å². The van der Waals surface area contributed by atoms with Crippen LogP contribution in [0.3, 0.4) is 0 Å². The summed E-state index contributed by atoms with van der Waals surface area (Å²) in [5.74, 6) is 6.82. The molecule has 7 heteroatoms. The molecule has 0 aromatic heterocycles. The fourth-order valence-electron chi connectivity index (χ4n) is 2.19. The van der Waals surface area contributed by atoms with Crippen LogP contribution in [-0.4, -0.2) is 20.1 Å². The van der Waals surface area contributed by atoms with Crippen molar-refractivity contribution in [2.75, 3.05) is 12.1 Å². The average Bonchev–Trinajstić information content (AvgIpc) is 2.68. The molecule has 0 amide bonds. The van der Waals surface area contributed by atoms with Gasteiger partial charge in [-0.25, -0.2) is 5.84 Å². The Bertz CT molecular complexity index is 942. The zero-order chi connectivity index (χ0) is 19.9. The smallest absolute Gasteiger partial charge is 0.294 e. The highest BCUT2D eigenvalue weighted by molar-refractivity contribution is 7.85. The van der Waals surface area contributed by atoms with Gasteiger partial charge >= 0.3 is 0 Å². The number of rotatable bonds is 4. The lowest BCUT2D eigenvalue weighted by atomic mass is 10.2. The Balaban J connectivity index is 0.000000208. The van der Waals surface area contributed by atoms with Crippen molar-refractivity contribution in [3.8, 4) is 5.75 Å². The van der Waals surface area contributed by atoms with E-state index in [0.29, 0.717) is 0 Å². The van der Waals surface area contributed by atoms with Crippen LogP contribution in [0.1, 0.15) is 5.56 Å². The van der Waals surface area contributed by atoms with Crippen molar-refractivity contribution in [2.45, 2.75) is 11.8 Å². The number of para-hydroxylation sites is 1. The van der Waals surface area contributed by atoms with E-state index >= 15 is 0 Å². The second kappa shape index (κ2) is 9.18. The molecule has 0 atom stereocenters. The Labute approximate surface area is 159 Å². The van der Waals surface area contributed by atoms with Crippen LogP contribution in [0.25, 0.3) is 0 Å². The maximum absolute atomic E-state index is 10.5. The van der Waals surface area contributed by atoms with Crippen molar-refractivity contribution in [3.05, 3.63) is 84.4 Å². The zero-order valence-corrected chi connectivity index (χ0v) is 15.9. The predicted octanol–water partition coefficient (Wildman–Crippen LogP) is 3.95. The molecule has 0 radical (unpaired) electrons. The molecule has 0 fully saturated rings. The van der Waals surface area contributed by atoms with E-state index < -0.39 is 10.1 Å². The van der Waals surface area contributed by atoms with Crippen LogP contribution in [0.4, 0.5) is 11.4 Å². The lowest BCUT2D eigenvalue weighted by Gasteiger charge is -2.18. The van der Waals surface area contributed by atoms with Gasteiger partial charge in [0.15, 0.2) is 0 Å². The van der Waals surface area contributed by atoms with Crippen LogP contribution in [-0.2, 0) is 10.1 Å². The van der Waals surface area contributed by atoms with Gasteiger partial charge in [0.05, 0.1) is 23.4 Å². The molecule has 0 bridgehead atoms. The molecule has 0 aliphatic rings. The lowest BCUT2D eigenvalue weighted by molar-refractivity contribution is 0.415. The summed E-state index contributed by atoms with van der Waals surface area (Å²) in [6.45, 7) is 1.84. The minimum Gasteiger partial charge on any atom is -0.497 e. The van der Waals surface area contributed by atoms with Crippen molar-refractivity contribution in [1.29, 1.82) is 0 Å². The molecule has 27 heavy (non-hydrogen) atoms. The van der Waals surface area contributed by atoms with Crippen LogP contribution in [0.15, 0.2) is 83.8 Å². The zero-order valence-electron chi connectivity index (χ0n) is 15.1. The number of hydrazine groups is 1. The van der Waals surface area contributed by atoms with Crippen LogP contribution in [0, 0.1) is 6.92 Å². The lowest BCUT2D eigenvalue weighted by Crippen LogP contribution is -2.24. The third kappa shape index (κ3) is 6.10. The number of anilines is 2. The molecule has 0 aliphatic carbocycles. The Hall–Kier alpha value is -2.87. The molecule has 3 aromatic rings. The van der Waals surface area contributed by atoms with Gasteiger partial charge in [-0.1, -0.05) is 35.9 Å². The number of methoxy groups -OCH3 is 1. The summed E-state index contributed by atoms with van der Waals surface area (Å²) in [5.41, 5.74) is 2.83. The van der Waals surface area contributed by atoms with E-state index in [1.165, 1.54) is 12.1 Å². The Morgan fingerprint density at radius 3 is 1.85 bits per heavy atom. The van der Waals surface area contributed by atoms with Gasteiger partial charge in [-0.15, -0.1) is 0 Å². The molecular weight excluding hydrogens is 364 g/mol. The van der Waals surface area contributed by atoms with Crippen molar-refractivity contribution in [1.82, 2.24) is 0 Å². The van der Waals surface area contributed by atoms with Crippen molar-refractivity contribution in [2.24, 2.45) is 5.84 Å². The average molecular weight is 386 g/mol. The largest absolute Gasteiger partial charge is 0.497 e. The second-order valence-electron chi connectivity index (χ2n) is 5.69. The van der Waals surface area contributed by atoms with Crippen LogP contribution < -0.4 is 15.6 Å². The highest BCUT2D eigenvalue weighted by Gasteiger charge is 2.07. The Morgan fingerprint density at radius 2 is 1.37 bits per heavy atom. The number of hydrogen-bond donors (Lipinski definition) is 2. The van der Waals surface area contributed by atoms with E-state index in [4.69, 9.17) is 15.1 Å². The fraction of sp³-hybridized carbons (Fsp3) is 0.100. The highest BCUT2D eigenvalue weighted by atomic mass is 32.2. The maximum atomic E-state index is 10.5. The van der Waals surface area contributed by atoms with E-state index in [0.717, 1.165) is 22.7 Å².